The van der Waals surface area contributed by atoms with Crippen molar-refractivity contribution in [3.05, 3.63) is 35.9 Å². The number of carbonyl (C=O) groups excluding carboxylic acids is 1. The van der Waals surface area contributed by atoms with E-state index in [1.54, 1.807) is 7.11 Å². The highest BCUT2D eigenvalue weighted by molar-refractivity contribution is 5.72. The summed E-state index contributed by atoms with van der Waals surface area (Å²) in [6, 6.07) is 10.1. The summed E-state index contributed by atoms with van der Waals surface area (Å²) < 4.78 is 10.5. The summed E-state index contributed by atoms with van der Waals surface area (Å²) in [4.78, 5) is 11.8. The monoisotopic (exact) mass is 278 g/mol. The molecule has 112 valence electrons. The van der Waals surface area contributed by atoms with Gasteiger partial charge in [0.25, 0.3) is 0 Å². The summed E-state index contributed by atoms with van der Waals surface area (Å²) in [7, 11) is 3.17. The van der Waals surface area contributed by atoms with Crippen molar-refractivity contribution in [2.45, 2.75) is 39.2 Å². The lowest BCUT2D eigenvalue weighted by molar-refractivity contribution is -0.146. The topological polar surface area (TPSA) is 35.5 Å². The molecule has 20 heavy (non-hydrogen) atoms. The normalized spacial score (nSPS) is 14.1. The average molecular weight is 278 g/mol. The molecule has 1 aromatic rings. The highest BCUT2D eigenvalue weighted by Crippen LogP contribution is 2.27. The van der Waals surface area contributed by atoms with Crippen LogP contribution in [0.4, 0.5) is 0 Å². The number of benzene rings is 1. The first-order chi connectivity index (χ1) is 9.58. The standard InChI is InChI=1S/C17H26O3/c1-13(2)12-15(17(18)20-4)10-11-16(19-3)14-8-6-5-7-9-14/h5-9,13,15-16H,10-12H2,1-4H3/t15-,16-/m0/s1. The van der Waals surface area contributed by atoms with E-state index in [1.165, 1.54) is 7.11 Å². The molecule has 0 fully saturated rings. The zero-order chi connectivity index (χ0) is 15.0. The Balaban J connectivity index is 2.62. The van der Waals surface area contributed by atoms with Crippen LogP contribution in [0.25, 0.3) is 0 Å². The Morgan fingerprint density at radius 3 is 2.25 bits per heavy atom. The third-order valence-corrected chi connectivity index (χ3v) is 3.52. The minimum absolute atomic E-state index is 0.0375. The highest BCUT2D eigenvalue weighted by atomic mass is 16.5. The summed E-state index contributed by atoms with van der Waals surface area (Å²) in [5.41, 5.74) is 1.16. The molecule has 0 unspecified atom stereocenters. The molecular formula is C17H26O3. The molecular weight excluding hydrogens is 252 g/mol. The van der Waals surface area contributed by atoms with Crippen LogP contribution in [-0.4, -0.2) is 20.2 Å². The van der Waals surface area contributed by atoms with Gasteiger partial charge in [0, 0.05) is 7.11 Å². The molecule has 1 aromatic carbocycles. The number of ether oxygens (including phenoxy) is 2. The number of carbonyl (C=O) groups is 1. The van der Waals surface area contributed by atoms with E-state index in [0.717, 1.165) is 24.8 Å². The van der Waals surface area contributed by atoms with Crippen molar-refractivity contribution in [2.75, 3.05) is 14.2 Å². The van der Waals surface area contributed by atoms with Crippen LogP contribution in [0.3, 0.4) is 0 Å². The minimum atomic E-state index is -0.110. The molecule has 0 aliphatic rings. The van der Waals surface area contributed by atoms with Crippen molar-refractivity contribution in [1.82, 2.24) is 0 Å². The Kier molecular flexibility index (Phi) is 7.31. The van der Waals surface area contributed by atoms with E-state index in [1.807, 2.05) is 18.2 Å². The summed E-state index contributed by atoms with van der Waals surface area (Å²) >= 11 is 0. The van der Waals surface area contributed by atoms with E-state index in [-0.39, 0.29) is 18.0 Å². The molecule has 0 N–H and O–H groups in total. The smallest absolute Gasteiger partial charge is 0.308 e. The summed E-state index contributed by atoms with van der Waals surface area (Å²) in [6.45, 7) is 4.25. The maximum Gasteiger partial charge on any atom is 0.308 e. The number of hydrogen-bond acceptors (Lipinski definition) is 3. The molecule has 1 rings (SSSR count). The molecule has 0 saturated carbocycles. The van der Waals surface area contributed by atoms with Crippen LogP contribution in [0.5, 0.6) is 0 Å². The first-order valence-electron chi connectivity index (χ1n) is 7.24. The Morgan fingerprint density at radius 2 is 1.75 bits per heavy atom. The fourth-order valence-corrected chi connectivity index (χ4v) is 2.51. The van der Waals surface area contributed by atoms with Crippen molar-refractivity contribution in [3.8, 4) is 0 Å². The fraction of sp³-hybridized carbons (Fsp3) is 0.588. The number of methoxy groups -OCH3 is 2. The number of hydrogen-bond donors (Lipinski definition) is 0. The van der Waals surface area contributed by atoms with Gasteiger partial charge in [0.2, 0.25) is 0 Å². The maximum atomic E-state index is 11.8. The molecule has 2 atom stereocenters. The second-order valence-corrected chi connectivity index (χ2v) is 5.56. The molecule has 0 aromatic heterocycles. The second-order valence-electron chi connectivity index (χ2n) is 5.56. The van der Waals surface area contributed by atoms with Crippen molar-refractivity contribution < 1.29 is 14.3 Å². The van der Waals surface area contributed by atoms with E-state index in [4.69, 9.17) is 9.47 Å². The Labute approximate surface area is 122 Å². The lowest BCUT2D eigenvalue weighted by Gasteiger charge is -2.20. The maximum absolute atomic E-state index is 11.8. The lowest BCUT2D eigenvalue weighted by Crippen LogP contribution is -2.19. The van der Waals surface area contributed by atoms with Crippen LogP contribution in [0.2, 0.25) is 0 Å². The predicted molar refractivity (Wildman–Crippen MR) is 80.4 cm³/mol. The largest absolute Gasteiger partial charge is 0.469 e. The number of esters is 1. The van der Waals surface area contributed by atoms with Gasteiger partial charge in [-0.15, -0.1) is 0 Å². The first-order valence-corrected chi connectivity index (χ1v) is 7.24. The van der Waals surface area contributed by atoms with Gasteiger partial charge in [-0.3, -0.25) is 4.79 Å². The van der Waals surface area contributed by atoms with Crippen molar-refractivity contribution >= 4 is 5.97 Å². The molecule has 0 aliphatic heterocycles. The molecule has 0 radical (unpaired) electrons. The third kappa shape index (κ3) is 5.33. The van der Waals surface area contributed by atoms with Gasteiger partial charge < -0.3 is 9.47 Å². The summed E-state index contributed by atoms with van der Waals surface area (Å²) in [5.74, 6) is 0.333. The van der Waals surface area contributed by atoms with E-state index in [2.05, 4.69) is 26.0 Å². The van der Waals surface area contributed by atoms with Crippen LogP contribution in [0.15, 0.2) is 30.3 Å². The highest BCUT2D eigenvalue weighted by Gasteiger charge is 2.22. The Morgan fingerprint density at radius 1 is 1.10 bits per heavy atom. The quantitative estimate of drug-likeness (QED) is 0.674. The fourth-order valence-electron chi connectivity index (χ4n) is 2.51. The van der Waals surface area contributed by atoms with Gasteiger partial charge in [-0.1, -0.05) is 44.2 Å². The minimum Gasteiger partial charge on any atom is -0.469 e. The Hall–Kier alpha value is -1.35. The molecule has 0 heterocycles. The predicted octanol–water partition coefficient (Wildman–Crippen LogP) is 3.99. The zero-order valence-electron chi connectivity index (χ0n) is 13.0. The van der Waals surface area contributed by atoms with Gasteiger partial charge in [-0.05, 0) is 30.7 Å². The molecule has 0 spiro atoms. The molecule has 3 heteroatoms. The van der Waals surface area contributed by atoms with Crippen LogP contribution in [0, 0.1) is 11.8 Å². The number of rotatable bonds is 8. The summed E-state index contributed by atoms with van der Waals surface area (Å²) in [6.07, 6.45) is 2.51. The van der Waals surface area contributed by atoms with Crippen LogP contribution < -0.4 is 0 Å². The van der Waals surface area contributed by atoms with Crippen molar-refractivity contribution in [3.63, 3.8) is 0 Å². The lowest BCUT2D eigenvalue weighted by atomic mass is 9.90. The van der Waals surface area contributed by atoms with E-state index >= 15 is 0 Å². The molecule has 0 amide bonds. The third-order valence-electron chi connectivity index (χ3n) is 3.52. The molecule has 3 nitrogen and oxygen atoms in total. The Bertz CT molecular complexity index is 386. The van der Waals surface area contributed by atoms with Gasteiger partial charge in [0.05, 0.1) is 19.1 Å². The van der Waals surface area contributed by atoms with Crippen LogP contribution >= 0.6 is 0 Å². The van der Waals surface area contributed by atoms with Crippen molar-refractivity contribution in [2.24, 2.45) is 11.8 Å². The zero-order valence-corrected chi connectivity index (χ0v) is 13.0. The van der Waals surface area contributed by atoms with Gasteiger partial charge in [0.1, 0.15) is 0 Å². The molecule has 0 saturated heterocycles. The van der Waals surface area contributed by atoms with E-state index in [9.17, 15) is 4.79 Å². The average Bonchev–Trinajstić information content (AvgIpc) is 2.46. The molecule has 0 aliphatic carbocycles. The second kappa shape index (κ2) is 8.75. The van der Waals surface area contributed by atoms with E-state index < -0.39 is 0 Å². The van der Waals surface area contributed by atoms with Crippen molar-refractivity contribution in [1.29, 1.82) is 0 Å². The van der Waals surface area contributed by atoms with E-state index in [0.29, 0.717) is 5.92 Å². The van der Waals surface area contributed by atoms with Gasteiger partial charge in [0.15, 0.2) is 0 Å². The van der Waals surface area contributed by atoms with Crippen LogP contribution in [0.1, 0.15) is 44.8 Å². The van der Waals surface area contributed by atoms with Gasteiger partial charge in [-0.2, -0.15) is 0 Å². The summed E-state index contributed by atoms with van der Waals surface area (Å²) in [5, 5.41) is 0. The van der Waals surface area contributed by atoms with Crippen LogP contribution in [-0.2, 0) is 14.3 Å². The van der Waals surface area contributed by atoms with Gasteiger partial charge >= 0.3 is 5.97 Å². The SMILES string of the molecule is COC(=O)[C@@H](CC[C@H](OC)c1ccccc1)CC(C)C. The van der Waals surface area contributed by atoms with Gasteiger partial charge in [-0.25, -0.2) is 0 Å². The molecule has 0 bridgehead atoms. The first kappa shape index (κ1) is 16.7.